The number of carbonyl (C=O) groups is 1. The minimum absolute atomic E-state index is 0.0560. The zero-order chi connectivity index (χ0) is 27.7. The van der Waals surface area contributed by atoms with Crippen molar-refractivity contribution in [2.24, 2.45) is 17.3 Å². The average Bonchev–Trinajstić information content (AvgIpc) is 3.73. The van der Waals surface area contributed by atoms with E-state index in [2.05, 4.69) is 24.3 Å². The number of carbonyl (C=O) groups excluding carboxylic acids is 1. The summed E-state index contributed by atoms with van der Waals surface area (Å²) in [5, 5.41) is 22.6. The van der Waals surface area contributed by atoms with Crippen molar-refractivity contribution in [3.8, 4) is 5.75 Å². The highest BCUT2D eigenvalue weighted by Crippen LogP contribution is 2.48. The quantitative estimate of drug-likeness (QED) is 0.316. The molecule has 4 heteroatoms. The van der Waals surface area contributed by atoms with E-state index in [0.717, 1.165) is 49.7 Å². The normalized spacial score (nSPS) is 25.9. The van der Waals surface area contributed by atoms with Crippen LogP contribution in [0, 0.1) is 17.3 Å². The van der Waals surface area contributed by atoms with Gasteiger partial charge in [0.15, 0.2) is 0 Å². The molecule has 0 saturated heterocycles. The van der Waals surface area contributed by atoms with Gasteiger partial charge in [0.1, 0.15) is 5.75 Å². The molecule has 2 saturated carbocycles. The molecule has 0 amide bonds. The van der Waals surface area contributed by atoms with Gasteiger partial charge in [0.05, 0.1) is 19.1 Å². The molecule has 3 aliphatic rings. The summed E-state index contributed by atoms with van der Waals surface area (Å²) in [5.41, 5.74) is 2.64. The Morgan fingerprint density at radius 3 is 2.36 bits per heavy atom. The first kappa shape index (κ1) is 29.1. The van der Waals surface area contributed by atoms with Crippen LogP contribution in [-0.2, 0) is 9.53 Å². The van der Waals surface area contributed by atoms with Crippen molar-refractivity contribution in [1.29, 1.82) is 0 Å². The number of hydrogen-bond acceptors (Lipinski definition) is 4. The van der Waals surface area contributed by atoms with Crippen LogP contribution in [0.1, 0.15) is 94.6 Å². The highest BCUT2D eigenvalue weighted by Gasteiger charge is 2.40. The topological polar surface area (TPSA) is 66.8 Å². The van der Waals surface area contributed by atoms with Crippen molar-refractivity contribution < 1.29 is 19.7 Å². The van der Waals surface area contributed by atoms with Crippen LogP contribution in [0.25, 0.3) is 6.08 Å². The van der Waals surface area contributed by atoms with Gasteiger partial charge >= 0.3 is 5.97 Å². The van der Waals surface area contributed by atoms with E-state index in [-0.39, 0.29) is 29.0 Å². The number of aliphatic hydroxyl groups excluding tert-OH is 1. The number of esters is 1. The van der Waals surface area contributed by atoms with E-state index < -0.39 is 6.10 Å². The lowest BCUT2D eigenvalue weighted by molar-refractivity contribution is -0.145. The van der Waals surface area contributed by atoms with Crippen LogP contribution in [-0.4, -0.2) is 29.4 Å². The highest BCUT2D eigenvalue weighted by molar-refractivity contribution is 5.73. The maximum Gasteiger partial charge on any atom is 0.309 e. The van der Waals surface area contributed by atoms with Crippen molar-refractivity contribution in [3.63, 3.8) is 0 Å². The van der Waals surface area contributed by atoms with Crippen molar-refractivity contribution >= 4 is 12.0 Å². The van der Waals surface area contributed by atoms with Gasteiger partial charge in [0, 0.05) is 11.0 Å². The molecular formula is C35H46O4. The number of rotatable bonds is 9. The maximum atomic E-state index is 12.2. The van der Waals surface area contributed by atoms with Gasteiger partial charge in [-0.2, -0.15) is 0 Å². The van der Waals surface area contributed by atoms with E-state index in [1.807, 2.05) is 55.5 Å². The van der Waals surface area contributed by atoms with Crippen LogP contribution in [0.4, 0.5) is 0 Å². The number of hydrogen-bond donors (Lipinski definition) is 2. The number of methoxy groups -OCH3 is 1. The zero-order valence-electron chi connectivity index (χ0n) is 23.7. The Hall–Kier alpha value is -2.85. The van der Waals surface area contributed by atoms with Gasteiger partial charge in [-0.15, -0.1) is 0 Å². The van der Waals surface area contributed by atoms with E-state index >= 15 is 0 Å². The molecule has 3 aliphatic carbocycles. The Kier molecular flexibility index (Phi) is 10.4. The molecule has 1 unspecified atom stereocenters. The van der Waals surface area contributed by atoms with E-state index in [1.54, 1.807) is 0 Å². The summed E-state index contributed by atoms with van der Waals surface area (Å²) in [6.45, 7) is 1.92. The Morgan fingerprint density at radius 1 is 1.03 bits per heavy atom. The van der Waals surface area contributed by atoms with Gasteiger partial charge in [-0.05, 0) is 61.1 Å². The molecule has 0 aliphatic heterocycles. The van der Waals surface area contributed by atoms with Crippen molar-refractivity contribution in [3.05, 3.63) is 83.5 Å². The first-order valence-electron chi connectivity index (χ1n) is 14.9. The third kappa shape index (κ3) is 7.42. The Bertz CT molecular complexity index is 1110. The molecule has 0 radical (unpaired) electrons. The fraction of sp³-hybridized carbons (Fsp3) is 0.514. The number of allylic oxidation sites excluding steroid dienone is 7. The average molecular weight is 531 g/mol. The molecule has 0 aromatic heterocycles. The summed E-state index contributed by atoms with van der Waals surface area (Å²) >= 11 is 0. The molecule has 4 rings (SSSR count). The molecule has 3 atom stereocenters. The van der Waals surface area contributed by atoms with Gasteiger partial charge in [-0.3, -0.25) is 4.79 Å². The molecule has 2 N–H and O–H groups in total. The van der Waals surface area contributed by atoms with Crippen LogP contribution >= 0.6 is 0 Å². The molecule has 0 heterocycles. The number of ether oxygens (including phenoxy) is 1. The Morgan fingerprint density at radius 2 is 1.69 bits per heavy atom. The second-order valence-electron chi connectivity index (χ2n) is 11.7. The smallest absolute Gasteiger partial charge is 0.309 e. The standard InChI is InChI=1S/C35H46O4/c1-26(34(38)39-2)33(28-20-21-28)29-22-19-27(31(36)25-29)15-14-18-32(37)35(23-12-8-3-4-9-13-24-35)30-16-10-6-5-7-11-17-30/h5-7,10-11,14-17,19,22,25-26,28,32-33,36-37H,3-4,8-9,12-13,18,20-21,23-24H2,1-2H3/b6-5-,7-5?,10-6?,11-7-,15-14-,16-10-,17-11?,30-16?,30-17+/t26-,32?,33-/m0/s1. The summed E-state index contributed by atoms with van der Waals surface area (Å²) in [7, 11) is 1.43. The number of benzene rings is 1. The third-order valence-corrected chi connectivity index (χ3v) is 9.04. The fourth-order valence-corrected chi connectivity index (χ4v) is 6.64. The number of aliphatic hydroxyl groups is 1. The van der Waals surface area contributed by atoms with Gasteiger partial charge in [-0.25, -0.2) is 0 Å². The second-order valence-corrected chi connectivity index (χ2v) is 11.7. The Labute approximate surface area is 234 Å². The molecule has 39 heavy (non-hydrogen) atoms. The van der Waals surface area contributed by atoms with Gasteiger partial charge in [-0.1, -0.05) is 112 Å². The van der Waals surface area contributed by atoms with Crippen LogP contribution in [0.3, 0.4) is 0 Å². The first-order chi connectivity index (χ1) is 19.0. The predicted molar refractivity (Wildman–Crippen MR) is 159 cm³/mol. The lowest BCUT2D eigenvalue weighted by Gasteiger charge is -2.40. The number of phenols is 1. The largest absolute Gasteiger partial charge is 0.507 e. The number of phenolic OH excluding ortho intramolecular Hbond substituents is 1. The molecule has 1 aromatic rings. The lowest BCUT2D eigenvalue weighted by Crippen LogP contribution is -2.36. The lowest BCUT2D eigenvalue weighted by atomic mass is 9.67. The van der Waals surface area contributed by atoms with E-state index in [0.29, 0.717) is 12.3 Å². The SMILES string of the molecule is COC(=O)[C@@H](C)[C@H](c1ccc(/C=C\CC(O)C2(C3=C/C=C\C=C/C=C\3)CCCCCCCC2)c(O)c1)C1CC1. The highest BCUT2D eigenvalue weighted by atomic mass is 16.5. The maximum absolute atomic E-state index is 12.2. The summed E-state index contributed by atoms with van der Waals surface area (Å²) in [6.07, 6.45) is 30.0. The molecule has 0 spiro atoms. The zero-order valence-corrected chi connectivity index (χ0v) is 23.7. The van der Waals surface area contributed by atoms with Crippen LogP contribution in [0.2, 0.25) is 0 Å². The summed E-state index contributed by atoms with van der Waals surface area (Å²) in [6, 6.07) is 5.77. The molecule has 2 fully saturated rings. The third-order valence-electron chi connectivity index (χ3n) is 9.04. The van der Waals surface area contributed by atoms with Crippen molar-refractivity contribution in [2.45, 2.75) is 89.6 Å². The molecule has 210 valence electrons. The fourth-order valence-electron chi connectivity index (χ4n) is 6.64. The van der Waals surface area contributed by atoms with Crippen LogP contribution in [0.15, 0.2) is 72.4 Å². The van der Waals surface area contributed by atoms with Crippen LogP contribution in [0.5, 0.6) is 5.75 Å². The molecular weight excluding hydrogens is 484 g/mol. The summed E-state index contributed by atoms with van der Waals surface area (Å²) in [4.78, 5) is 12.2. The van der Waals surface area contributed by atoms with Gasteiger partial charge in [0.25, 0.3) is 0 Å². The minimum atomic E-state index is -0.513. The summed E-state index contributed by atoms with van der Waals surface area (Å²) in [5.74, 6) is 0.274. The monoisotopic (exact) mass is 530 g/mol. The van der Waals surface area contributed by atoms with E-state index in [9.17, 15) is 15.0 Å². The minimum Gasteiger partial charge on any atom is -0.507 e. The van der Waals surface area contributed by atoms with Gasteiger partial charge in [0.2, 0.25) is 0 Å². The molecule has 0 bridgehead atoms. The van der Waals surface area contributed by atoms with Crippen LogP contribution < -0.4 is 0 Å². The van der Waals surface area contributed by atoms with Crippen molar-refractivity contribution in [2.75, 3.05) is 7.11 Å². The van der Waals surface area contributed by atoms with E-state index in [4.69, 9.17) is 4.74 Å². The first-order valence-corrected chi connectivity index (χ1v) is 14.9. The molecule has 1 aromatic carbocycles. The van der Waals surface area contributed by atoms with Crippen molar-refractivity contribution in [1.82, 2.24) is 0 Å². The van der Waals surface area contributed by atoms with Gasteiger partial charge < -0.3 is 14.9 Å². The molecule has 4 nitrogen and oxygen atoms in total. The van der Waals surface area contributed by atoms with E-state index in [1.165, 1.54) is 38.4 Å². The summed E-state index contributed by atoms with van der Waals surface area (Å²) < 4.78 is 5.01. The second kappa shape index (κ2) is 14.0. The number of aromatic hydroxyl groups is 1. The Balaban J connectivity index is 1.52. The predicted octanol–water partition coefficient (Wildman–Crippen LogP) is 8.19.